The Balaban J connectivity index is 1.86. The number of aromatic nitrogens is 1. The van der Waals surface area contributed by atoms with E-state index in [4.69, 9.17) is 9.47 Å². The number of ether oxygens (including phenoxy) is 2. The van der Waals surface area contributed by atoms with Crippen LogP contribution < -0.4 is 20.2 Å². The van der Waals surface area contributed by atoms with E-state index >= 15 is 0 Å². The van der Waals surface area contributed by atoms with Crippen LogP contribution in [0.1, 0.15) is 23.7 Å². The SMILES string of the molecule is CCOc1ccc(NS(=O)(=O)c2ccc3[nH]cc(C(=O)NCCCOC)c(=O)c3c2)cc1. The second-order valence-electron chi connectivity index (χ2n) is 6.90. The summed E-state index contributed by atoms with van der Waals surface area (Å²) in [7, 11) is -2.40. The average Bonchev–Trinajstić information content (AvgIpc) is 2.78. The van der Waals surface area contributed by atoms with Gasteiger partial charge in [-0.3, -0.25) is 14.3 Å². The van der Waals surface area contributed by atoms with E-state index in [1.54, 1.807) is 31.4 Å². The summed E-state index contributed by atoms with van der Waals surface area (Å²) in [5, 5.41) is 2.75. The minimum atomic E-state index is -3.96. The Hall–Kier alpha value is -3.37. The van der Waals surface area contributed by atoms with Crippen LogP contribution in [0.2, 0.25) is 0 Å². The van der Waals surface area contributed by atoms with Gasteiger partial charge in [-0.05, 0) is 55.8 Å². The zero-order valence-corrected chi connectivity index (χ0v) is 18.6. The van der Waals surface area contributed by atoms with E-state index in [9.17, 15) is 18.0 Å². The second kappa shape index (κ2) is 10.3. The molecule has 0 fully saturated rings. The summed E-state index contributed by atoms with van der Waals surface area (Å²) >= 11 is 0. The molecule has 0 atom stereocenters. The van der Waals surface area contributed by atoms with Gasteiger partial charge in [0.05, 0.1) is 11.5 Å². The van der Waals surface area contributed by atoms with Crippen LogP contribution >= 0.6 is 0 Å². The molecule has 0 spiro atoms. The van der Waals surface area contributed by atoms with Crippen LogP contribution in [0.25, 0.3) is 10.9 Å². The first-order valence-electron chi connectivity index (χ1n) is 10.0. The molecule has 1 heterocycles. The molecule has 10 heteroatoms. The predicted octanol–water partition coefficient (Wildman–Crippen LogP) is 2.49. The van der Waals surface area contributed by atoms with E-state index < -0.39 is 21.4 Å². The molecule has 9 nitrogen and oxygen atoms in total. The Morgan fingerprint density at radius 1 is 1.12 bits per heavy atom. The fourth-order valence-electron chi connectivity index (χ4n) is 3.05. The van der Waals surface area contributed by atoms with Crippen LogP contribution in [0.4, 0.5) is 5.69 Å². The molecular weight excluding hydrogens is 434 g/mol. The lowest BCUT2D eigenvalue weighted by Gasteiger charge is -2.10. The van der Waals surface area contributed by atoms with Gasteiger partial charge >= 0.3 is 0 Å². The Kier molecular flexibility index (Phi) is 7.49. The smallest absolute Gasteiger partial charge is 0.261 e. The summed E-state index contributed by atoms with van der Waals surface area (Å²) < 4.78 is 38.4. The van der Waals surface area contributed by atoms with Crippen molar-refractivity contribution in [2.24, 2.45) is 0 Å². The number of carbonyl (C=O) groups excluding carboxylic acids is 1. The highest BCUT2D eigenvalue weighted by Crippen LogP contribution is 2.21. The van der Waals surface area contributed by atoms with Gasteiger partial charge in [-0.15, -0.1) is 0 Å². The van der Waals surface area contributed by atoms with Gasteiger partial charge in [0.2, 0.25) is 5.43 Å². The summed E-state index contributed by atoms with van der Waals surface area (Å²) in [6, 6.07) is 10.6. The third-order valence-corrected chi connectivity index (χ3v) is 6.01. The second-order valence-corrected chi connectivity index (χ2v) is 8.59. The van der Waals surface area contributed by atoms with Gasteiger partial charge < -0.3 is 19.8 Å². The van der Waals surface area contributed by atoms with Crippen molar-refractivity contribution in [2.75, 3.05) is 31.6 Å². The quantitative estimate of drug-likeness (QED) is 0.400. The molecule has 1 amide bonds. The zero-order valence-electron chi connectivity index (χ0n) is 17.8. The standard InChI is InChI=1S/C22H25N3O6S/c1-3-31-16-7-5-15(6-8-16)25-32(28,29)17-9-10-20-18(13-17)21(26)19(14-24-20)22(27)23-11-4-12-30-2/h5-10,13-14,25H,3-4,11-12H2,1-2H3,(H,23,27)(H,24,26). The number of fused-ring (bicyclic) bond motifs is 1. The van der Waals surface area contributed by atoms with Crippen molar-refractivity contribution in [3.05, 3.63) is 64.4 Å². The first-order chi connectivity index (χ1) is 15.4. The highest BCUT2D eigenvalue weighted by Gasteiger charge is 2.18. The minimum absolute atomic E-state index is 0.0936. The fraction of sp³-hybridized carbons (Fsp3) is 0.273. The molecule has 0 aliphatic rings. The molecule has 0 saturated heterocycles. The van der Waals surface area contributed by atoms with Crippen molar-refractivity contribution < 1.29 is 22.7 Å². The first kappa shape index (κ1) is 23.3. The van der Waals surface area contributed by atoms with E-state index in [0.717, 1.165) is 0 Å². The molecule has 3 rings (SSSR count). The number of anilines is 1. The Morgan fingerprint density at radius 2 is 1.88 bits per heavy atom. The van der Waals surface area contributed by atoms with Crippen LogP contribution in [-0.2, 0) is 14.8 Å². The molecule has 3 aromatic rings. The lowest BCUT2D eigenvalue weighted by Crippen LogP contribution is -2.30. The number of carbonyl (C=O) groups is 1. The van der Waals surface area contributed by atoms with Crippen LogP contribution in [0.5, 0.6) is 5.75 Å². The first-order valence-corrected chi connectivity index (χ1v) is 11.5. The predicted molar refractivity (Wildman–Crippen MR) is 122 cm³/mol. The molecule has 0 aliphatic carbocycles. The van der Waals surface area contributed by atoms with Gasteiger partial charge in [0.25, 0.3) is 15.9 Å². The monoisotopic (exact) mass is 459 g/mol. The molecule has 170 valence electrons. The minimum Gasteiger partial charge on any atom is -0.494 e. The van der Waals surface area contributed by atoms with Crippen molar-refractivity contribution >= 4 is 32.5 Å². The third kappa shape index (κ3) is 5.45. The summed E-state index contributed by atoms with van der Waals surface area (Å²) in [6.07, 6.45) is 1.93. The van der Waals surface area contributed by atoms with Crippen LogP contribution in [-0.4, -0.2) is 46.2 Å². The molecule has 0 unspecified atom stereocenters. The lowest BCUT2D eigenvalue weighted by atomic mass is 10.1. The van der Waals surface area contributed by atoms with Crippen LogP contribution in [0.15, 0.2) is 58.4 Å². The van der Waals surface area contributed by atoms with Crippen LogP contribution in [0, 0.1) is 0 Å². The number of sulfonamides is 1. The topological polar surface area (TPSA) is 127 Å². The normalized spacial score (nSPS) is 11.3. The van der Waals surface area contributed by atoms with E-state index in [0.29, 0.717) is 43.1 Å². The zero-order chi connectivity index (χ0) is 23.1. The van der Waals surface area contributed by atoms with Crippen molar-refractivity contribution in [1.82, 2.24) is 10.3 Å². The number of amides is 1. The molecule has 2 aromatic carbocycles. The Labute approximate surface area is 185 Å². The number of rotatable bonds is 10. The molecule has 0 saturated carbocycles. The van der Waals surface area contributed by atoms with E-state index in [2.05, 4.69) is 15.0 Å². The van der Waals surface area contributed by atoms with Crippen LogP contribution in [0.3, 0.4) is 0 Å². The number of hydrogen-bond acceptors (Lipinski definition) is 6. The third-order valence-electron chi connectivity index (χ3n) is 4.64. The molecule has 32 heavy (non-hydrogen) atoms. The lowest BCUT2D eigenvalue weighted by molar-refractivity contribution is 0.0947. The number of nitrogens with one attached hydrogen (secondary N) is 3. The summed E-state index contributed by atoms with van der Waals surface area (Å²) in [4.78, 5) is 28.0. The number of H-pyrrole nitrogens is 1. The molecule has 3 N–H and O–H groups in total. The van der Waals surface area contributed by atoms with Gasteiger partial charge in [-0.1, -0.05) is 0 Å². The largest absolute Gasteiger partial charge is 0.494 e. The summed E-state index contributed by atoms with van der Waals surface area (Å²) in [5.41, 5.74) is 0.127. The summed E-state index contributed by atoms with van der Waals surface area (Å²) in [6.45, 7) is 3.19. The number of methoxy groups -OCH3 is 1. The fourth-order valence-corrected chi connectivity index (χ4v) is 4.13. The Bertz CT molecular complexity index is 1250. The molecular formula is C22H25N3O6S. The van der Waals surface area contributed by atoms with Gasteiger partial charge in [0.1, 0.15) is 11.3 Å². The van der Waals surface area contributed by atoms with Crippen molar-refractivity contribution in [3.63, 3.8) is 0 Å². The maximum atomic E-state index is 12.9. The highest BCUT2D eigenvalue weighted by molar-refractivity contribution is 7.92. The molecule has 0 bridgehead atoms. The van der Waals surface area contributed by atoms with Gasteiger partial charge in [0, 0.05) is 43.0 Å². The van der Waals surface area contributed by atoms with Crippen molar-refractivity contribution in [3.8, 4) is 5.75 Å². The van der Waals surface area contributed by atoms with Gasteiger partial charge in [0.15, 0.2) is 0 Å². The molecule has 0 aliphatic heterocycles. The molecule has 1 aromatic heterocycles. The highest BCUT2D eigenvalue weighted by atomic mass is 32.2. The van der Waals surface area contributed by atoms with Gasteiger partial charge in [-0.25, -0.2) is 8.42 Å². The van der Waals surface area contributed by atoms with Crippen molar-refractivity contribution in [1.29, 1.82) is 0 Å². The number of benzene rings is 2. The number of pyridine rings is 1. The average molecular weight is 460 g/mol. The maximum Gasteiger partial charge on any atom is 0.261 e. The van der Waals surface area contributed by atoms with Gasteiger partial charge in [-0.2, -0.15) is 0 Å². The number of hydrogen-bond donors (Lipinski definition) is 3. The van der Waals surface area contributed by atoms with E-state index in [1.807, 2.05) is 6.92 Å². The maximum absolute atomic E-state index is 12.9. The molecule has 0 radical (unpaired) electrons. The summed E-state index contributed by atoms with van der Waals surface area (Å²) in [5.74, 6) is 0.0886. The Morgan fingerprint density at radius 3 is 2.56 bits per heavy atom. The van der Waals surface area contributed by atoms with E-state index in [1.165, 1.54) is 24.4 Å². The van der Waals surface area contributed by atoms with Crippen molar-refractivity contribution in [2.45, 2.75) is 18.2 Å². The number of aromatic amines is 1. The van der Waals surface area contributed by atoms with E-state index in [-0.39, 0.29) is 15.8 Å².